The van der Waals surface area contributed by atoms with Crippen LogP contribution in [0.15, 0.2) is 47.4 Å². The monoisotopic (exact) mass is 351 g/mol. The molecule has 120 valence electrons. The number of fused-ring (bicyclic) bond motifs is 1. The number of hydrogen-bond donors (Lipinski definition) is 2. The number of rotatable bonds is 3. The Bertz CT molecular complexity index is 869. The maximum atomic E-state index is 12.6. The molecule has 0 unspecified atom stereocenters. The van der Waals surface area contributed by atoms with Crippen molar-refractivity contribution in [2.45, 2.75) is 18.0 Å². The molecule has 2 aromatic rings. The molecular formula is C15H14ClN3O3S. The first-order valence-corrected chi connectivity index (χ1v) is 8.73. The van der Waals surface area contributed by atoms with E-state index in [0.29, 0.717) is 18.7 Å². The second-order valence-electron chi connectivity index (χ2n) is 5.20. The van der Waals surface area contributed by atoms with Crippen molar-refractivity contribution in [3.8, 4) is 0 Å². The molecule has 1 aliphatic heterocycles. The van der Waals surface area contributed by atoms with Crippen LogP contribution in [0.5, 0.6) is 0 Å². The van der Waals surface area contributed by atoms with E-state index in [4.69, 9.17) is 16.7 Å². The van der Waals surface area contributed by atoms with Crippen molar-refractivity contribution in [3.05, 3.63) is 64.2 Å². The van der Waals surface area contributed by atoms with Crippen LogP contribution in [0, 0.1) is 0 Å². The summed E-state index contributed by atoms with van der Waals surface area (Å²) < 4.78 is 23.1. The van der Waals surface area contributed by atoms with Crippen LogP contribution in [-0.2, 0) is 23.1 Å². The minimum Gasteiger partial charge on any atom is -0.269 e. The molecule has 0 radical (unpaired) electrons. The minimum absolute atomic E-state index is 0.0114. The molecular weight excluding hydrogens is 338 g/mol. The Hall–Kier alpha value is -1.93. The highest BCUT2D eigenvalue weighted by atomic mass is 35.5. The lowest BCUT2D eigenvalue weighted by atomic mass is 10.0. The summed E-state index contributed by atoms with van der Waals surface area (Å²) in [6, 6.07) is 12.2. The lowest BCUT2D eigenvalue weighted by molar-refractivity contribution is 0.0602. The van der Waals surface area contributed by atoms with Crippen molar-refractivity contribution in [3.63, 3.8) is 0 Å². The Labute approximate surface area is 138 Å². The molecule has 0 saturated heterocycles. The largest absolute Gasteiger partial charge is 0.269 e. The van der Waals surface area contributed by atoms with E-state index >= 15 is 0 Å². The Balaban J connectivity index is 1.96. The third kappa shape index (κ3) is 3.23. The van der Waals surface area contributed by atoms with E-state index in [9.17, 15) is 13.2 Å². The van der Waals surface area contributed by atoms with Crippen LogP contribution in [0.3, 0.4) is 0 Å². The minimum atomic E-state index is -3.99. The number of primary sulfonamides is 1. The predicted octanol–water partition coefficient (Wildman–Crippen LogP) is 1.65. The van der Waals surface area contributed by atoms with Crippen LogP contribution in [0.2, 0.25) is 5.02 Å². The molecule has 2 aromatic carbocycles. The number of hydrazine groups is 1. The molecule has 1 amide bonds. The van der Waals surface area contributed by atoms with Gasteiger partial charge in [0.15, 0.2) is 0 Å². The van der Waals surface area contributed by atoms with Gasteiger partial charge < -0.3 is 0 Å². The van der Waals surface area contributed by atoms with Gasteiger partial charge in [0.2, 0.25) is 10.0 Å². The van der Waals surface area contributed by atoms with Crippen LogP contribution in [-0.4, -0.2) is 19.3 Å². The first kappa shape index (κ1) is 15.9. The lowest BCUT2D eigenvalue weighted by Gasteiger charge is -2.30. The highest BCUT2D eigenvalue weighted by molar-refractivity contribution is 7.89. The summed E-state index contributed by atoms with van der Waals surface area (Å²) in [5.41, 5.74) is 4.88. The molecule has 1 heterocycles. The number of carbonyl (C=O) groups excluding carboxylic acids is 1. The number of nitrogens with zero attached hydrogens (tertiary/aromatic N) is 1. The molecule has 8 heteroatoms. The third-order valence-corrected chi connectivity index (χ3v) is 4.96. The molecule has 0 bridgehead atoms. The topological polar surface area (TPSA) is 92.5 Å². The highest BCUT2D eigenvalue weighted by Crippen LogP contribution is 2.28. The smallest absolute Gasteiger partial charge is 0.268 e. The fourth-order valence-corrected chi connectivity index (χ4v) is 3.57. The molecule has 0 aliphatic carbocycles. The van der Waals surface area contributed by atoms with Gasteiger partial charge in [-0.2, -0.15) is 0 Å². The van der Waals surface area contributed by atoms with E-state index in [1.807, 2.05) is 30.3 Å². The Morgan fingerprint density at radius 3 is 2.57 bits per heavy atom. The van der Waals surface area contributed by atoms with Crippen molar-refractivity contribution in [2.24, 2.45) is 5.14 Å². The van der Waals surface area contributed by atoms with Gasteiger partial charge in [0.1, 0.15) is 4.90 Å². The number of benzene rings is 2. The predicted molar refractivity (Wildman–Crippen MR) is 86.0 cm³/mol. The molecule has 23 heavy (non-hydrogen) atoms. The summed E-state index contributed by atoms with van der Waals surface area (Å²) in [6.45, 7) is 0.741. The Kier molecular flexibility index (Phi) is 4.11. The van der Waals surface area contributed by atoms with Crippen LogP contribution >= 0.6 is 11.6 Å². The molecule has 0 spiro atoms. The van der Waals surface area contributed by atoms with E-state index < -0.39 is 10.0 Å². The fourth-order valence-electron chi connectivity index (χ4n) is 2.45. The number of nitrogens with one attached hydrogen (secondary N) is 1. The molecule has 6 nitrogen and oxygen atoms in total. The van der Waals surface area contributed by atoms with Gasteiger partial charge in [0.05, 0.1) is 11.6 Å². The SMILES string of the molecule is NS(=O)(=O)c1cc2c(cc1Cl)CNN(Cc1ccccc1)C2=O. The van der Waals surface area contributed by atoms with E-state index in [-0.39, 0.29) is 21.4 Å². The molecule has 0 aromatic heterocycles. The van der Waals surface area contributed by atoms with E-state index in [0.717, 1.165) is 5.56 Å². The summed E-state index contributed by atoms with van der Waals surface area (Å²) in [7, 11) is -3.99. The lowest BCUT2D eigenvalue weighted by Crippen LogP contribution is -2.46. The zero-order chi connectivity index (χ0) is 16.6. The van der Waals surface area contributed by atoms with Gasteiger partial charge in [-0.15, -0.1) is 0 Å². The van der Waals surface area contributed by atoms with Gasteiger partial charge in [0.25, 0.3) is 5.91 Å². The number of sulfonamides is 1. The summed E-state index contributed by atoms with van der Waals surface area (Å²) in [5, 5.41) is 6.60. The zero-order valence-corrected chi connectivity index (χ0v) is 13.6. The van der Waals surface area contributed by atoms with Gasteiger partial charge in [-0.3, -0.25) is 9.80 Å². The van der Waals surface area contributed by atoms with Gasteiger partial charge in [-0.1, -0.05) is 41.9 Å². The first-order valence-electron chi connectivity index (χ1n) is 6.81. The summed E-state index contributed by atoms with van der Waals surface area (Å²) in [4.78, 5) is 12.4. The number of amides is 1. The second kappa shape index (κ2) is 5.93. The van der Waals surface area contributed by atoms with Crippen LogP contribution in [0.4, 0.5) is 0 Å². The van der Waals surface area contributed by atoms with E-state index in [1.54, 1.807) is 0 Å². The molecule has 3 rings (SSSR count). The van der Waals surface area contributed by atoms with Crippen LogP contribution in [0.25, 0.3) is 0 Å². The maximum Gasteiger partial charge on any atom is 0.268 e. The third-order valence-electron chi connectivity index (χ3n) is 3.58. The number of nitrogens with two attached hydrogens (primary N) is 1. The summed E-state index contributed by atoms with van der Waals surface area (Å²) >= 11 is 5.95. The maximum absolute atomic E-state index is 12.6. The average molecular weight is 352 g/mol. The highest BCUT2D eigenvalue weighted by Gasteiger charge is 2.27. The standard InChI is InChI=1S/C15H14ClN3O3S/c16-13-6-11-8-18-19(9-10-4-2-1-3-5-10)15(20)12(11)7-14(13)23(17,21)22/h1-7,18H,8-9H2,(H2,17,21,22). The normalized spacial score (nSPS) is 14.7. The summed E-state index contributed by atoms with van der Waals surface area (Å²) in [5.74, 6) is -0.323. The quantitative estimate of drug-likeness (QED) is 0.879. The number of hydrogen-bond acceptors (Lipinski definition) is 4. The molecule has 1 aliphatic rings. The summed E-state index contributed by atoms with van der Waals surface area (Å²) in [6.07, 6.45) is 0. The van der Waals surface area contributed by atoms with Crippen molar-refractivity contribution >= 4 is 27.5 Å². The first-order chi connectivity index (χ1) is 10.9. The van der Waals surface area contributed by atoms with Crippen molar-refractivity contribution in [2.75, 3.05) is 0 Å². The van der Waals surface area contributed by atoms with E-state index in [2.05, 4.69) is 5.43 Å². The molecule has 0 saturated carbocycles. The zero-order valence-electron chi connectivity index (χ0n) is 12.0. The van der Waals surface area contributed by atoms with Gasteiger partial charge in [-0.25, -0.2) is 19.0 Å². The van der Waals surface area contributed by atoms with Crippen molar-refractivity contribution in [1.82, 2.24) is 10.4 Å². The Morgan fingerprint density at radius 1 is 1.22 bits per heavy atom. The van der Waals surface area contributed by atoms with Crippen molar-refractivity contribution < 1.29 is 13.2 Å². The van der Waals surface area contributed by atoms with Crippen LogP contribution < -0.4 is 10.6 Å². The molecule has 0 fully saturated rings. The molecule has 3 N–H and O–H groups in total. The molecule has 0 atom stereocenters. The Morgan fingerprint density at radius 2 is 1.91 bits per heavy atom. The van der Waals surface area contributed by atoms with Gasteiger partial charge in [-0.05, 0) is 23.3 Å². The fraction of sp³-hybridized carbons (Fsp3) is 0.133. The second-order valence-corrected chi connectivity index (χ2v) is 7.13. The van der Waals surface area contributed by atoms with Crippen molar-refractivity contribution in [1.29, 1.82) is 0 Å². The average Bonchev–Trinajstić information content (AvgIpc) is 2.50. The number of carbonyl (C=O) groups is 1. The van der Waals surface area contributed by atoms with Gasteiger partial charge >= 0.3 is 0 Å². The number of halogens is 1. The van der Waals surface area contributed by atoms with Gasteiger partial charge in [0, 0.05) is 12.1 Å². The van der Waals surface area contributed by atoms with E-state index in [1.165, 1.54) is 17.1 Å². The van der Waals surface area contributed by atoms with Crippen LogP contribution in [0.1, 0.15) is 21.5 Å².